The lowest BCUT2D eigenvalue weighted by Gasteiger charge is -2.35. The predicted molar refractivity (Wildman–Crippen MR) is 125 cm³/mol. The number of aliphatic hydroxyl groups is 1. The van der Waals surface area contributed by atoms with Crippen molar-refractivity contribution in [2.75, 3.05) is 6.61 Å². The zero-order chi connectivity index (χ0) is 21.5. The fourth-order valence-electron chi connectivity index (χ4n) is 4.44. The summed E-state index contributed by atoms with van der Waals surface area (Å²) in [5, 5.41) is 10.2. The molecule has 154 valence electrons. The van der Waals surface area contributed by atoms with Crippen molar-refractivity contribution in [3.63, 3.8) is 0 Å². The van der Waals surface area contributed by atoms with Gasteiger partial charge in [-0.05, 0) is 22.3 Å². The highest BCUT2D eigenvalue weighted by molar-refractivity contribution is 5.98. The van der Waals surface area contributed by atoms with Gasteiger partial charge in [-0.3, -0.25) is 4.79 Å². The molecule has 0 radical (unpaired) electrons. The molecular weight excluding hydrogens is 380 g/mol. The Kier molecular flexibility index (Phi) is 6.40. The second-order valence-electron chi connectivity index (χ2n) is 7.77. The van der Waals surface area contributed by atoms with Gasteiger partial charge in [-0.2, -0.15) is 0 Å². The summed E-state index contributed by atoms with van der Waals surface area (Å²) in [7, 11) is 0. The third kappa shape index (κ3) is 4.08. The van der Waals surface area contributed by atoms with Gasteiger partial charge in [0.05, 0.1) is 6.61 Å². The third-order valence-electron chi connectivity index (χ3n) is 5.96. The largest absolute Gasteiger partial charge is 0.396 e. The molecule has 2 heteroatoms. The molecule has 0 bridgehead atoms. The van der Waals surface area contributed by atoms with Gasteiger partial charge in [-0.1, -0.05) is 121 Å². The standard InChI is InChI=1S/C29H26O2/c30-22-24(23-13-5-1-6-14-23)21-28(31)29(25-15-7-2-8-16-25,26-17-9-3-10-18-26)27-19-11-4-12-20-27/h1-20,24,30H,21-22H2/t24-/m0/s1. The zero-order valence-electron chi connectivity index (χ0n) is 17.4. The fourth-order valence-corrected chi connectivity index (χ4v) is 4.44. The van der Waals surface area contributed by atoms with Crippen LogP contribution in [0, 0.1) is 0 Å². The number of Topliss-reactive ketones (excluding diaryl/α,β-unsaturated/α-hetero) is 1. The summed E-state index contributed by atoms with van der Waals surface area (Å²) >= 11 is 0. The van der Waals surface area contributed by atoms with Crippen LogP contribution in [0.25, 0.3) is 0 Å². The second-order valence-corrected chi connectivity index (χ2v) is 7.77. The van der Waals surface area contributed by atoms with E-state index in [9.17, 15) is 9.90 Å². The number of hydrogen-bond donors (Lipinski definition) is 1. The molecule has 4 aromatic carbocycles. The van der Waals surface area contributed by atoms with Crippen molar-refractivity contribution in [1.82, 2.24) is 0 Å². The zero-order valence-corrected chi connectivity index (χ0v) is 17.4. The van der Waals surface area contributed by atoms with Crippen molar-refractivity contribution in [2.45, 2.75) is 17.8 Å². The lowest BCUT2D eigenvalue weighted by Crippen LogP contribution is -2.39. The van der Waals surface area contributed by atoms with Crippen molar-refractivity contribution in [1.29, 1.82) is 0 Å². The summed E-state index contributed by atoms with van der Waals surface area (Å²) in [5.74, 6) is -0.191. The normalized spacial score (nSPS) is 12.3. The minimum atomic E-state index is -0.952. The molecule has 0 saturated heterocycles. The molecule has 31 heavy (non-hydrogen) atoms. The van der Waals surface area contributed by atoms with E-state index in [1.54, 1.807) is 0 Å². The Morgan fingerprint density at radius 3 is 1.32 bits per heavy atom. The van der Waals surface area contributed by atoms with Gasteiger partial charge in [-0.15, -0.1) is 0 Å². The van der Waals surface area contributed by atoms with Gasteiger partial charge in [0.15, 0.2) is 5.78 Å². The number of carbonyl (C=O) groups excluding carboxylic acids is 1. The number of rotatable bonds is 8. The van der Waals surface area contributed by atoms with E-state index in [1.165, 1.54) is 0 Å². The van der Waals surface area contributed by atoms with Gasteiger partial charge in [0.1, 0.15) is 5.41 Å². The van der Waals surface area contributed by atoms with Crippen molar-refractivity contribution in [2.24, 2.45) is 0 Å². The Balaban J connectivity index is 1.90. The van der Waals surface area contributed by atoms with Crippen molar-refractivity contribution in [3.05, 3.63) is 144 Å². The Hall–Kier alpha value is -3.49. The van der Waals surface area contributed by atoms with Crippen LogP contribution < -0.4 is 0 Å². The molecule has 4 aromatic rings. The monoisotopic (exact) mass is 406 g/mol. The van der Waals surface area contributed by atoms with Gasteiger partial charge in [-0.25, -0.2) is 0 Å². The minimum absolute atomic E-state index is 0.0685. The maximum Gasteiger partial charge on any atom is 0.152 e. The van der Waals surface area contributed by atoms with Crippen LogP contribution in [0.3, 0.4) is 0 Å². The highest BCUT2D eigenvalue weighted by Crippen LogP contribution is 2.42. The maximum absolute atomic E-state index is 14.3. The summed E-state index contributed by atoms with van der Waals surface area (Å²) in [6.07, 6.45) is 0.235. The van der Waals surface area contributed by atoms with Crippen molar-refractivity contribution >= 4 is 5.78 Å². The van der Waals surface area contributed by atoms with Gasteiger partial charge >= 0.3 is 0 Å². The number of hydrogen-bond acceptors (Lipinski definition) is 2. The number of carbonyl (C=O) groups is 1. The maximum atomic E-state index is 14.3. The van der Waals surface area contributed by atoms with Gasteiger partial charge in [0.2, 0.25) is 0 Å². The summed E-state index contributed by atoms with van der Waals surface area (Å²) in [6, 6.07) is 39.7. The molecule has 0 heterocycles. The van der Waals surface area contributed by atoms with Crippen molar-refractivity contribution in [3.8, 4) is 0 Å². The van der Waals surface area contributed by atoms with E-state index in [0.717, 1.165) is 22.3 Å². The first kappa shape index (κ1) is 20.8. The highest BCUT2D eigenvalue weighted by atomic mass is 16.3. The van der Waals surface area contributed by atoms with Gasteiger partial charge in [0, 0.05) is 12.3 Å². The van der Waals surface area contributed by atoms with E-state index in [-0.39, 0.29) is 24.7 Å². The smallest absolute Gasteiger partial charge is 0.152 e. The molecule has 1 atom stereocenters. The van der Waals surface area contributed by atoms with E-state index in [1.807, 2.05) is 121 Å². The van der Waals surface area contributed by atoms with E-state index in [4.69, 9.17) is 0 Å². The summed E-state index contributed by atoms with van der Waals surface area (Å²) in [4.78, 5) is 14.3. The molecule has 0 fully saturated rings. The average molecular weight is 407 g/mol. The van der Waals surface area contributed by atoms with Gasteiger partial charge < -0.3 is 5.11 Å². The Bertz CT molecular complexity index is 994. The van der Waals surface area contributed by atoms with E-state index >= 15 is 0 Å². The summed E-state index contributed by atoms with van der Waals surface area (Å²) in [6.45, 7) is -0.0792. The second kappa shape index (κ2) is 9.55. The fraction of sp³-hybridized carbons (Fsp3) is 0.138. The van der Waals surface area contributed by atoms with Crippen LogP contribution in [0.5, 0.6) is 0 Å². The first-order valence-corrected chi connectivity index (χ1v) is 10.6. The molecule has 0 amide bonds. The van der Waals surface area contributed by atoms with Crippen LogP contribution in [0.2, 0.25) is 0 Å². The highest BCUT2D eigenvalue weighted by Gasteiger charge is 2.43. The molecule has 0 aliphatic heterocycles. The summed E-state index contributed by atoms with van der Waals surface area (Å²) < 4.78 is 0. The molecule has 0 spiro atoms. The van der Waals surface area contributed by atoms with Crippen LogP contribution in [0.1, 0.15) is 34.6 Å². The lowest BCUT2D eigenvalue weighted by molar-refractivity contribution is -0.122. The predicted octanol–water partition coefficient (Wildman–Crippen LogP) is 5.76. The van der Waals surface area contributed by atoms with E-state index < -0.39 is 5.41 Å². The first-order valence-electron chi connectivity index (χ1n) is 10.6. The Morgan fingerprint density at radius 2 is 0.968 bits per heavy atom. The Labute approximate surface area is 183 Å². The van der Waals surface area contributed by atoms with E-state index in [2.05, 4.69) is 0 Å². The summed E-state index contributed by atoms with van der Waals surface area (Å²) in [5.41, 5.74) is 2.82. The minimum Gasteiger partial charge on any atom is -0.396 e. The van der Waals surface area contributed by atoms with Crippen LogP contribution in [0.15, 0.2) is 121 Å². The molecule has 0 aromatic heterocycles. The first-order chi connectivity index (χ1) is 15.3. The molecule has 0 aliphatic rings. The van der Waals surface area contributed by atoms with Crippen LogP contribution in [-0.4, -0.2) is 17.5 Å². The SMILES string of the molecule is O=C(C[C@@H](CO)c1ccccc1)C(c1ccccc1)(c1ccccc1)c1ccccc1. The molecule has 0 aliphatic carbocycles. The topological polar surface area (TPSA) is 37.3 Å². The number of aliphatic hydroxyl groups excluding tert-OH is 1. The lowest BCUT2D eigenvalue weighted by atomic mass is 9.65. The molecular formula is C29H26O2. The molecule has 0 unspecified atom stereocenters. The van der Waals surface area contributed by atoms with Crippen LogP contribution in [-0.2, 0) is 10.2 Å². The Morgan fingerprint density at radius 1 is 0.613 bits per heavy atom. The van der Waals surface area contributed by atoms with Gasteiger partial charge in [0.25, 0.3) is 0 Å². The third-order valence-corrected chi connectivity index (χ3v) is 5.96. The number of ketones is 1. The van der Waals surface area contributed by atoms with Crippen LogP contribution in [0.4, 0.5) is 0 Å². The molecule has 2 nitrogen and oxygen atoms in total. The van der Waals surface area contributed by atoms with Crippen LogP contribution >= 0.6 is 0 Å². The average Bonchev–Trinajstić information content (AvgIpc) is 2.85. The molecule has 4 rings (SSSR count). The number of benzene rings is 4. The quantitative estimate of drug-likeness (QED) is 0.378. The van der Waals surface area contributed by atoms with Crippen molar-refractivity contribution < 1.29 is 9.90 Å². The molecule has 0 saturated carbocycles. The van der Waals surface area contributed by atoms with E-state index in [0.29, 0.717) is 0 Å². The molecule has 1 N–H and O–H groups in total.